The fraction of sp³-hybridized carbons (Fsp3) is 0.385. The number of phenols is 1. The lowest BCUT2D eigenvalue weighted by Crippen LogP contribution is -2.29. The summed E-state index contributed by atoms with van der Waals surface area (Å²) in [4.78, 5) is 24.6. The number of nitrogens with zero attached hydrogens (tertiary/aromatic N) is 1. The topological polar surface area (TPSA) is 77.8 Å². The van der Waals surface area contributed by atoms with E-state index in [0.29, 0.717) is 6.54 Å². The summed E-state index contributed by atoms with van der Waals surface area (Å²) in [7, 11) is 0. The average Bonchev–Trinajstić information content (AvgIpc) is 2.71. The molecule has 1 saturated heterocycles. The summed E-state index contributed by atoms with van der Waals surface area (Å²) >= 11 is 0. The first-order valence-electron chi connectivity index (χ1n) is 5.80. The van der Waals surface area contributed by atoms with Crippen molar-refractivity contribution in [2.24, 2.45) is 11.8 Å². The summed E-state index contributed by atoms with van der Waals surface area (Å²) in [5.74, 6) is -1.87. The van der Waals surface area contributed by atoms with E-state index in [1.807, 2.05) is 6.92 Å². The van der Waals surface area contributed by atoms with Gasteiger partial charge < -0.3 is 15.1 Å². The molecule has 0 spiro atoms. The summed E-state index contributed by atoms with van der Waals surface area (Å²) in [6.07, 6.45) is 0. The fourth-order valence-electron chi connectivity index (χ4n) is 2.28. The number of amides is 1. The van der Waals surface area contributed by atoms with E-state index < -0.39 is 11.9 Å². The summed E-state index contributed by atoms with van der Waals surface area (Å²) in [5, 5.41) is 18.6. The van der Waals surface area contributed by atoms with Crippen molar-refractivity contribution >= 4 is 11.9 Å². The van der Waals surface area contributed by atoms with Crippen LogP contribution in [0.3, 0.4) is 0 Å². The molecule has 0 bridgehead atoms. The molecule has 0 aromatic heterocycles. The lowest BCUT2D eigenvalue weighted by Gasteiger charge is -2.16. The first-order chi connectivity index (χ1) is 8.50. The number of carboxylic acid groups (broad SMARTS) is 1. The zero-order valence-corrected chi connectivity index (χ0v) is 10.0. The minimum atomic E-state index is -0.880. The summed E-state index contributed by atoms with van der Waals surface area (Å²) in [5.41, 5.74) is 0.218. The highest BCUT2D eigenvalue weighted by atomic mass is 16.4. The molecular weight excluding hydrogens is 234 g/mol. The monoisotopic (exact) mass is 249 g/mol. The molecule has 5 nitrogen and oxygen atoms in total. The number of benzene rings is 1. The summed E-state index contributed by atoms with van der Waals surface area (Å²) < 4.78 is 0. The molecule has 0 saturated carbocycles. The van der Waals surface area contributed by atoms with Crippen molar-refractivity contribution in [2.75, 3.05) is 13.1 Å². The first kappa shape index (κ1) is 12.4. The van der Waals surface area contributed by atoms with Crippen molar-refractivity contribution in [3.05, 3.63) is 29.8 Å². The zero-order valence-electron chi connectivity index (χ0n) is 10.0. The number of likely N-dealkylation sites (tertiary alicyclic amines) is 1. The number of aliphatic carboxylic acids is 1. The quantitative estimate of drug-likeness (QED) is 0.825. The molecule has 0 radical (unpaired) electrons. The van der Waals surface area contributed by atoms with Crippen molar-refractivity contribution < 1.29 is 19.8 Å². The fourth-order valence-corrected chi connectivity index (χ4v) is 2.28. The van der Waals surface area contributed by atoms with Crippen molar-refractivity contribution in [2.45, 2.75) is 6.92 Å². The molecule has 1 heterocycles. The Labute approximate surface area is 105 Å². The van der Waals surface area contributed by atoms with E-state index in [9.17, 15) is 14.7 Å². The van der Waals surface area contributed by atoms with Crippen LogP contribution < -0.4 is 0 Å². The molecule has 2 atom stereocenters. The van der Waals surface area contributed by atoms with Gasteiger partial charge in [-0.1, -0.05) is 19.1 Å². The van der Waals surface area contributed by atoms with Crippen LogP contribution in [0.5, 0.6) is 5.75 Å². The molecule has 96 valence electrons. The van der Waals surface area contributed by atoms with E-state index in [4.69, 9.17) is 5.11 Å². The van der Waals surface area contributed by atoms with Gasteiger partial charge in [-0.3, -0.25) is 9.59 Å². The second kappa shape index (κ2) is 4.68. The van der Waals surface area contributed by atoms with Crippen LogP contribution in [0, 0.1) is 11.8 Å². The van der Waals surface area contributed by atoms with E-state index in [2.05, 4.69) is 0 Å². The second-order valence-corrected chi connectivity index (χ2v) is 4.65. The van der Waals surface area contributed by atoms with Crippen LogP contribution in [-0.2, 0) is 4.79 Å². The smallest absolute Gasteiger partial charge is 0.308 e. The number of carboxylic acids is 1. The molecule has 1 aliphatic heterocycles. The number of carbonyl (C=O) groups excluding carboxylic acids is 1. The molecule has 18 heavy (non-hydrogen) atoms. The van der Waals surface area contributed by atoms with Crippen LogP contribution in [0.25, 0.3) is 0 Å². The van der Waals surface area contributed by atoms with Crippen LogP contribution >= 0.6 is 0 Å². The third-order valence-electron chi connectivity index (χ3n) is 3.35. The Morgan fingerprint density at radius 3 is 2.50 bits per heavy atom. The molecule has 1 aliphatic rings. The van der Waals surface area contributed by atoms with Gasteiger partial charge in [-0.05, 0) is 18.1 Å². The normalized spacial score (nSPS) is 23.1. The predicted octanol–water partition coefficient (Wildman–Crippen LogP) is 1.18. The highest BCUT2D eigenvalue weighted by molar-refractivity contribution is 5.97. The summed E-state index contributed by atoms with van der Waals surface area (Å²) in [6.45, 7) is 2.42. The largest absolute Gasteiger partial charge is 0.507 e. The summed E-state index contributed by atoms with van der Waals surface area (Å²) in [6, 6.07) is 6.29. The molecule has 1 aromatic rings. The molecule has 2 rings (SSSR count). The number of hydrogen-bond donors (Lipinski definition) is 2. The van der Waals surface area contributed by atoms with Crippen LogP contribution in [0.4, 0.5) is 0 Å². The Kier molecular flexibility index (Phi) is 3.23. The minimum Gasteiger partial charge on any atom is -0.507 e. The molecule has 1 amide bonds. The average molecular weight is 249 g/mol. The molecule has 1 aromatic carbocycles. The van der Waals surface area contributed by atoms with Gasteiger partial charge in [0.2, 0.25) is 0 Å². The third-order valence-corrected chi connectivity index (χ3v) is 3.35. The van der Waals surface area contributed by atoms with Crippen molar-refractivity contribution in [3.63, 3.8) is 0 Å². The molecular formula is C13H15NO4. The SMILES string of the molecule is CC1CN(C(=O)c2ccccc2O)CC1C(=O)O. The molecule has 5 heteroatoms. The highest BCUT2D eigenvalue weighted by Gasteiger charge is 2.37. The van der Waals surface area contributed by atoms with Crippen molar-refractivity contribution in [1.82, 2.24) is 4.90 Å². The van der Waals surface area contributed by atoms with Gasteiger partial charge >= 0.3 is 5.97 Å². The zero-order chi connectivity index (χ0) is 13.3. The second-order valence-electron chi connectivity index (χ2n) is 4.65. The van der Waals surface area contributed by atoms with Gasteiger partial charge in [0.25, 0.3) is 5.91 Å². The van der Waals surface area contributed by atoms with Gasteiger partial charge in [0.15, 0.2) is 0 Å². The number of para-hydroxylation sites is 1. The molecule has 1 fully saturated rings. The Morgan fingerprint density at radius 2 is 1.94 bits per heavy atom. The highest BCUT2D eigenvalue weighted by Crippen LogP contribution is 2.26. The van der Waals surface area contributed by atoms with E-state index >= 15 is 0 Å². The molecule has 2 N–H and O–H groups in total. The minimum absolute atomic E-state index is 0.0719. The number of phenolic OH excluding ortho intramolecular Hbond substituents is 1. The van der Waals surface area contributed by atoms with Gasteiger partial charge in [-0.2, -0.15) is 0 Å². The molecule has 0 aliphatic carbocycles. The van der Waals surface area contributed by atoms with Gasteiger partial charge in [-0.15, -0.1) is 0 Å². The van der Waals surface area contributed by atoms with Crippen LogP contribution in [0.15, 0.2) is 24.3 Å². The van der Waals surface area contributed by atoms with Crippen LogP contribution in [0.1, 0.15) is 17.3 Å². The Morgan fingerprint density at radius 1 is 1.28 bits per heavy atom. The molecule has 2 unspecified atom stereocenters. The lowest BCUT2D eigenvalue weighted by atomic mass is 9.99. The number of aromatic hydroxyl groups is 1. The number of hydrogen-bond acceptors (Lipinski definition) is 3. The first-order valence-corrected chi connectivity index (χ1v) is 5.80. The Hall–Kier alpha value is -2.04. The van der Waals surface area contributed by atoms with Gasteiger partial charge in [0.1, 0.15) is 5.75 Å². The van der Waals surface area contributed by atoms with Crippen molar-refractivity contribution in [3.8, 4) is 5.75 Å². The van der Waals surface area contributed by atoms with Crippen LogP contribution in [-0.4, -0.2) is 40.1 Å². The predicted molar refractivity (Wildman–Crippen MR) is 64.3 cm³/mol. The van der Waals surface area contributed by atoms with E-state index in [1.165, 1.54) is 17.0 Å². The van der Waals surface area contributed by atoms with Crippen molar-refractivity contribution in [1.29, 1.82) is 0 Å². The van der Waals surface area contributed by atoms with E-state index in [-0.39, 0.29) is 29.7 Å². The lowest BCUT2D eigenvalue weighted by molar-refractivity contribution is -0.142. The van der Waals surface area contributed by atoms with Gasteiger partial charge in [-0.25, -0.2) is 0 Å². The van der Waals surface area contributed by atoms with E-state index in [1.54, 1.807) is 12.1 Å². The van der Waals surface area contributed by atoms with E-state index in [0.717, 1.165) is 0 Å². The van der Waals surface area contributed by atoms with Gasteiger partial charge in [0, 0.05) is 13.1 Å². The Balaban J connectivity index is 2.17. The van der Waals surface area contributed by atoms with Gasteiger partial charge in [0.05, 0.1) is 11.5 Å². The standard InChI is InChI=1S/C13H15NO4/c1-8-6-14(7-10(8)13(17)18)12(16)9-4-2-3-5-11(9)15/h2-5,8,10,15H,6-7H2,1H3,(H,17,18). The maximum absolute atomic E-state index is 12.2. The number of rotatable bonds is 2. The number of carbonyl (C=O) groups is 2. The maximum Gasteiger partial charge on any atom is 0.308 e. The third kappa shape index (κ3) is 2.16. The Bertz CT molecular complexity index is 486. The van der Waals surface area contributed by atoms with Crippen LogP contribution in [0.2, 0.25) is 0 Å². The maximum atomic E-state index is 12.2.